The maximum absolute atomic E-state index is 11.1. The third kappa shape index (κ3) is 2.77. The van der Waals surface area contributed by atoms with E-state index in [1.165, 1.54) is 12.0 Å². The predicted molar refractivity (Wildman–Crippen MR) is 90.9 cm³/mol. The molecule has 1 heterocycles. The molecule has 1 aromatic carbocycles. The Kier molecular flexibility index (Phi) is 3.76. The van der Waals surface area contributed by atoms with Gasteiger partial charge in [0, 0.05) is 17.3 Å². The molecule has 3 unspecified atom stereocenters. The van der Waals surface area contributed by atoms with E-state index in [2.05, 4.69) is 0 Å². The van der Waals surface area contributed by atoms with Gasteiger partial charge in [0.15, 0.2) is 0 Å². The van der Waals surface area contributed by atoms with Crippen LogP contribution in [0.3, 0.4) is 0 Å². The molecule has 3 aliphatic rings. The SMILES string of the molecule is CC1(CCCP(=O)(O)O)CCc2cc(O)c3c(c2O1)C1CCC3C1. The van der Waals surface area contributed by atoms with Crippen molar-refractivity contribution in [3.05, 3.63) is 22.8 Å². The van der Waals surface area contributed by atoms with Crippen molar-refractivity contribution in [2.45, 2.75) is 69.3 Å². The number of benzene rings is 1. The first-order chi connectivity index (χ1) is 11.3. The van der Waals surface area contributed by atoms with E-state index in [4.69, 9.17) is 14.5 Å². The van der Waals surface area contributed by atoms with Gasteiger partial charge in [-0.3, -0.25) is 4.57 Å². The zero-order chi connectivity index (χ0) is 17.1. The van der Waals surface area contributed by atoms with Gasteiger partial charge >= 0.3 is 7.60 Å². The molecular formula is C18H25O5P. The molecule has 4 rings (SSSR count). The lowest BCUT2D eigenvalue weighted by Crippen LogP contribution is -2.37. The molecule has 5 nitrogen and oxygen atoms in total. The first kappa shape index (κ1) is 16.4. The molecule has 0 saturated heterocycles. The molecule has 2 bridgehead atoms. The van der Waals surface area contributed by atoms with Crippen LogP contribution in [0.1, 0.15) is 74.0 Å². The third-order valence-electron chi connectivity index (χ3n) is 6.09. The van der Waals surface area contributed by atoms with Gasteiger partial charge in [0.2, 0.25) is 0 Å². The Morgan fingerprint density at radius 1 is 1.29 bits per heavy atom. The highest BCUT2D eigenvalue weighted by atomic mass is 31.2. The van der Waals surface area contributed by atoms with Gasteiger partial charge in [-0.25, -0.2) is 0 Å². The van der Waals surface area contributed by atoms with Crippen molar-refractivity contribution in [2.24, 2.45) is 0 Å². The Morgan fingerprint density at radius 3 is 2.71 bits per heavy atom. The van der Waals surface area contributed by atoms with Crippen molar-refractivity contribution in [1.82, 2.24) is 0 Å². The summed E-state index contributed by atoms with van der Waals surface area (Å²) >= 11 is 0. The third-order valence-corrected chi connectivity index (χ3v) is 6.99. The topological polar surface area (TPSA) is 87.0 Å². The molecule has 0 radical (unpaired) electrons. The number of ether oxygens (including phenoxy) is 1. The fourth-order valence-electron chi connectivity index (χ4n) is 4.92. The van der Waals surface area contributed by atoms with Gasteiger partial charge in [-0.1, -0.05) is 0 Å². The largest absolute Gasteiger partial charge is 0.508 e. The molecule has 1 saturated carbocycles. The van der Waals surface area contributed by atoms with Gasteiger partial charge in [-0.2, -0.15) is 0 Å². The van der Waals surface area contributed by atoms with E-state index in [1.807, 2.05) is 13.0 Å². The van der Waals surface area contributed by atoms with Crippen molar-refractivity contribution in [3.63, 3.8) is 0 Å². The van der Waals surface area contributed by atoms with Crippen LogP contribution in [0, 0.1) is 0 Å². The van der Waals surface area contributed by atoms with Crippen molar-refractivity contribution >= 4 is 7.60 Å². The predicted octanol–water partition coefficient (Wildman–Crippen LogP) is 3.80. The molecule has 132 valence electrons. The number of phenols is 1. The minimum Gasteiger partial charge on any atom is -0.508 e. The number of fused-ring (bicyclic) bond motifs is 7. The highest BCUT2D eigenvalue weighted by molar-refractivity contribution is 7.51. The van der Waals surface area contributed by atoms with E-state index in [0.717, 1.165) is 42.6 Å². The Labute approximate surface area is 142 Å². The van der Waals surface area contributed by atoms with Gasteiger partial charge in [-0.15, -0.1) is 0 Å². The van der Waals surface area contributed by atoms with Crippen molar-refractivity contribution in [1.29, 1.82) is 0 Å². The van der Waals surface area contributed by atoms with E-state index in [-0.39, 0.29) is 11.8 Å². The lowest BCUT2D eigenvalue weighted by Gasteiger charge is -2.38. The summed E-state index contributed by atoms with van der Waals surface area (Å²) in [4.78, 5) is 18.1. The summed E-state index contributed by atoms with van der Waals surface area (Å²) in [5.74, 6) is 2.37. The molecular weight excluding hydrogens is 327 g/mol. The molecule has 0 amide bonds. The minimum absolute atomic E-state index is 0.0861. The summed E-state index contributed by atoms with van der Waals surface area (Å²) in [6, 6.07) is 1.88. The molecule has 24 heavy (non-hydrogen) atoms. The standard InChI is InChI=1S/C18H25O5P/c1-18(6-2-8-24(20,21)22)7-5-13-10-14(19)15-11-3-4-12(9-11)16(15)17(13)23-18/h10-12,19H,2-9H2,1H3,(H2,20,21,22). The van der Waals surface area contributed by atoms with Gasteiger partial charge in [0.1, 0.15) is 17.1 Å². The monoisotopic (exact) mass is 352 g/mol. The summed E-state index contributed by atoms with van der Waals surface area (Å²) in [5.41, 5.74) is 3.03. The van der Waals surface area contributed by atoms with Crippen molar-refractivity contribution in [3.8, 4) is 11.5 Å². The highest BCUT2D eigenvalue weighted by Crippen LogP contribution is 2.60. The fourth-order valence-corrected chi connectivity index (χ4v) is 5.49. The van der Waals surface area contributed by atoms with Gasteiger partial charge < -0.3 is 19.6 Å². The summed E-state index contributed by atoms with van der Waals surface area (Å²) in [5, 5.41) is 10.4. The normalized spacial score (nSPS) is 30.8. The van der Waals surface area contributed by atoms with Crippen LogP contribution in [0.5, 0.6) is 11.5 Å². The summed E-state index contributed by atoms with van der Waals surface area (Å²) in [7, 11) is -3.95. The lowest BCUT2D eigenvalue weighted by molar-refractivity contribution is 0.0536. The first-order valence-corrected chi connectivity index (χ1v) is 10.7. The first-order valence-electron chi connectivity index (χ1n) is 8.88. The molecule has 0 aromatic heterocycles. The molecule has 2 aliphatic carbocycles. The summed E-state index contributed by atoms with van der Waals surface area (Å²) < 4.78 is 17.5. The number of aryl methyl sites for hydroxylation is 1. The minimum atomic E-state index is -3.95. The van der Waals surface area contributed by atoms with Crippen molar-refractivity contribution < 1.29 is 24.2 Å². The van der Waals surface area contributed by atoms with Gasteiger partial charge in [0.25, 0.3) is 0 Å². The van der Waals surface area contributed by atoms with Crippen LogP contribution in [-0.4, -0.2) is 26.7 Å². The van der Waals surface area contributed by atoms with E-state index >= 15 is 0 Å². The number of rotatable bonds is 4. The van der Waals surface area contributed by atoms with Crippen LogP contribution in [0.2, 0.25) is 0 Å². The maximum Gasteiger partial charge on any atom is 0.325 e. The Hall–Kier alpha value is -1.03. The molecule has 3 N–H and O–H groups in total. The van der Waals surface area contributed by atoms with Gasteiger partial charge in [0.05, 0.1) is 0 Å². The second kappa shape index (κ2) is 5.48. The van der Waals surface area contributed by atoms with Gasteiger partial charge in [-0.05, 0) is 75.3 Å². The molecule has 1 fully saturated rings. The number of phenolic OH excluding ortho intramolecular Hbond substituents is 1. The zero-order valence-electron chi connectivity index (χ0n) is 14.0. The lowest BCUT2D eigenvalue weighted by atomic mass is 9.83. The second-order valence-electron chi connectivity index (χ2n) is 7.96. The molecule has 3 atom stereocenters. The number of hydrogen-bond donors (Lipinski definition) is 3. The second-order valence-corrected chi connectivity index (χ2v) is 9.74. The van der Waals surface area contributed by atoms with E-state index < -0.39 is 7.60 Å². The maximum atomic E-state index is 11.1. The Balaban J connectivity index is 1.60. The highest BCUT2D eigenvalue weighted by Gasteiger charge is 2.44. The average Bonchev–Trinajstić information content (AvgIpc) is 3.08. The van der Waals surface area contributed by atoms with Crippen molar-refractivity contribution in [2.75, 3.05) is 6.16 Å². The fraction of sp³-hybridized carbons (Fsp3) is 0.667. The smallest absolute Gasteiger partial charge is 0.325 e. The molecule has 1 aliphatic heterocycles. The van der Waals surface area contributed by atoms with Crippen LogP contribution in [0.15, 0.2) is 6.07 Å². The number of hydrogen-bond acceptors (Lipinski definition) is 3. The van der Waals surface area contributed by atoms with E-state index in [0.29, 0.717) is 30.4 Å². The average molecular weight is 352 g/mol. The molecule has 1 aromatic rings. The van der Waals surface area contributed by atoms with Crippen LogP contribution in [-0.2, 0) is 11.0 Å². The summed E-state index contributed by atoms with van der Waals surface area (Å²) in [6.07, 6.45) is 6.13. The van der Waals surface area contributed by atoms with E-state index in [9.17, 15) is 9.67 Å². The van der Waals surface area contributed by atoms with Crippen LogP contribution in [0.4, 0.5) is 0 Å². The Bertz CT molecular complexity index is 725. The molecule has 6 heteroatoms. The quantitative estimate of drug-likeness (QED) is 0.718. The molecule has 0 spiro atoms. The van der Waals surface area contributed by atoms with Crippen LogP contribution < -0.4 is 4.74 Å². The Morgan fingerprint density at radius 2 is 2.00 bits per heavy atom. The van der Waals surface area contributed by atoms with Crippen LogP contribution in [0.25, 0.3) is 0 Å². The summed E-state index contributed by atoms with van der Waals surface area (Å²) in [6.45, 7) is 2.04. The van der Waals surface area contributed by atoms with Crippen LogP contribution >= 0.6 is 7.60 Å². The number of aromatic hydroxyl groups is 1. The van der Waals surface area contributed by atoms with E-state index in [1.54, 1.807) is 0 Å². The zero-order valence-corrected chi connectivity index (χ0v) is 14.9.